The summed E-state index contributed by atoms with van der Waals surface area (Å²) in [6, 6.07) is 0.302. The Balaban J connectivity index is 1.81. The van der Waals surface area contributed by atoms with Crippen molar-refractivity contribution in [3.63, 3.8) is 0 Å². The largest absolute Gasteiger partial charge is 0.338 e. The Bertz CT molecular complexity index is 344. The second-order valence-corrected chi connectivity index (χ2v) is 4.10. The summed E-state index contributed by atoms with van der Waals surface area (Å²) in [5, 5.41) is 4.00. The summed E-state index contributed by atoms with van der Waals surface area (Å²) in [4.78, 5) is 9.17. The second-order valence-electron chi connectivity index (χ2n) is 4.10. The van der Waals surface area contributed by atoms with Crippen LogP contribution in [0.4, 0.5) is 0 Å². The highest BCUT2D eigenvalue weighted by Crippen LogP contribution is 2.26. The third-order valence-corrected chi connectivity index (χ3v) is 3.24. The van der Waals surface area contributed by atoms with Gasteiger partial charge in [0.15, 0.2) is 5.82 Å². The zero-order chi connectivity index (χ0) is 10.3. The van der Waals surface area contributed by atoms with E-state index in [1.54, 1.807) is 0 Å². The van der Waals surface area contributed by atoms with Gasteiger partial charge in [-0.25, -0.2) is 0 Å². The normalized spacial score (nSPS) is 34.6. The van der Waals surface area contributed by atoms with Crippen molar-refractivity contribution in [2.75, 3.05) is 32.7 Å². The maximum absolute atomic E-state index is 5.45. The van der Waals surface area contributed by atoms with Crippen molar-refractivity contribution in [3.8, 4) is 0 Å². The summed E-state index contributed by atoms with van der Waals surface area (Å²) in [6.45, 7) is 5.89. The highest BCUT2D eigenvalue weighted by Gasteiger charge is 2.35. The van der Waals surface area contributed by atoms with E-state index >= 15 is 0 Å². The first-order valence-corrected chi connectivity index (χ1v) is 5.36. The molecule has 0 aliphatic carbocycles. The van der Waals surface area contributed by atoms with Gasteiger partial charge in [-0.05, 0) is 0 Å². The molecule has 4 heterocycles. The molecule has 0 aromatic carbocycles. The van der Waals surface area contributed by atoms with Gasteiger partial charge in [-0.2, -0.15) is 4.98 Å². The molecule has 1 atom stereocenters. The van der Waals surface area contributed by atoms with Gasteiger partial charge in [0.2, 0.25) is 5.89 Å². The van der Waals surface area contributed by atoms with E-state index in [4.69, 9.17) is 10.3 Å². The first-order chi connectivity index (χ1) is 7.36. The molecule has 6 heteroatoms. The van der Waals surface area contributed by atoms with Gasteiger partial charge in [0.1, 0.15) is 0 Å². The minimum absolute atomic E-state index is 0.302. The van der Waals surface area contributed by atoms with E-state index in [-0.39, 0.29) is 0 Å². The van der Waals surface area contributed by atoms with E-state index < -0.39 is 0 Å². The lowest BCUT2D eigenvalue weighted by molar-refractivity contribution is 0.00781. The molecular weight excluding hydrogens is 194 g/mol. The molecule has 0 radical (unpaired) electrons. The molecule has 3 fully saturated rings. The number of hydrogen-bond donors (Lipinski definition) is 1. The van der Waals surface area contributed by atoms with Crippen LogP contribution in [-0.2, 0) is 6.54 Å². The fourth-order valence-corrected chi connectivity index (χ4v) is 2.35. The molecule has 82 valence electrons. The van der Waals surface area contributed by atoms with Crippen LogP contribution in [0.25, 0.3) is 0 Å². The van der Waals surface area contributed by atoms with E-state index in [0.29, 0.717) is 18.5 Å². The number of fused-ring (bicyclic) bond motifs is 3. The lowest BCUT2D eigenvalue weighted by Gasteiger charge is -2.46. The van der Waals surface area contributed by atoms with E-state index in [9.17, 15) is 0 Å². The van der Waals surface area contributed by atoms with Crippen molar-refractivity contribution >= 4 is 0 Å². The van der Waals surface area contributed by atoms with Gasteiger partial charge in [0.05, 0.1) is 12.6 Å². The Hall–Kier alpha value is -0.980. The number of rotatable bonds is 2. The molecule has 0 saturated carbocycles. The average molecular weight is 209 g/mol. The first kappa shape index (κ1) is 9.26. The third kappa shape index (κ3) is 1.54. The molecule has 1 unspecified atom stereocenters. The van der Waals surface area contributed by atoms with E-state index in [1.807, 2.05) is 0 Å². The predicted molar refractivity (Wildman–Crippen MR) is 52.9 cm³/mol. The Morgan fingerprint density at radius 3 is 2.67 bits per heavy atom. The monoisotopic (exact) mass is 209 g/mol. The van der Waals surface area contributed by atoms with Gasteiger partial charge >= 0.3 is 0 Å². The summed E-state index contributed by atoms with van der Waals surface area (Å²) in [6.07, 6.45) is 0. The van der Waals surface area contributed by atoms with Gasteiger partial charge in [-0.15, -0.1) is 0 Å². The summed E-state index contributed by atoms with van der Waals surface area (Å²) >= 11 is 0. The lowest BCUT2D eigenvalue weighted by atomic mass is 10.1. The second kappa shape index (κ2) is 3.55. The fourth-order valence-electron chi connectivity index (χ4n) is 2.35. The third-order valence-electron chi connectivity index (χ3n) is 3.24. The van der Waals surface area contributed by atoms with Crippen LogP contribution < -0.4 is 5.73 Å². The molecule has 6 nitrogen and oxygen atoms in total. The van der Waals surface area contributed by atoms with Crippen molar-refractivity contribution in [2.45, 2.75) is 12.6 Å². The molecule has 0 amide bonds. The summed E-state index contributed by atoms with van der Waals surface area (Å²) in [7, 11) is 0. The van der Waals surface area contributed by atoms with Crippen LogP contribution in [0.3, 0.4) is 0 Å². The van der Waals surface area contributed by atoms with E-state index in [2.05, 4.69) is 19.9 Å². The summed E-state index contributed by atoms with van der Waals surface area (Å²) in [5.41, 5.74) is 5.45. The molecule has 3 saturated heterocycles. The van der Waals surface area contributed by atoms with Crippen LogP contribution in [0.1, 0.15) is 17.8 Å². The smallest absolute Gasteiger partial charge is 0.240 e. The quantitative estimate of drug-likeness (QED) is 0.687. The van der Waals surface area contributed by atoms with Gasteiger partial charge < -0.3 is 10.3 Å². The van der Waals surface area contributed by atoms with Crippen LogP contribution in [0.2, 0.25) is 0 Å². The molecule has 2 N–H and O–H groups in total. The molecule has 3 aliphatic heterocycles. The molecule has 15 heavy (non-hydrogen) atoms. The highest BCUT2D eigenvalue weighted by molar-refractivity contribution is 5.01. The summed E-state index contributed by atoms with van der Waals surface area (Å²) in [5.74, 6) is 1.32. The van der Waals surface area contributed by atoms with Gasteiger partial charge in [-0.1, -0.05) is 5.16 Å². The van der Waals surface area contributed by atoms with Crippen molar-refractivity contribution in [1.29, 1.82) is 0 Å². The maximum Gasteiger partial charge on any atom is 0.240 e. The molecule has 4 rings (SSSR count). The molecule has 2 bridgehead atoms. The molecule has 1 aromatic rings. The van der Waals surface area contributed by atoms with Crippen LogP contribution >= 0.6 is 0 Å². The Labute approximate surface area is 88.0 Å². The number of hydrogen-bond acceptors (Lipinski definition) is 6. The first-order valence-electron chi connectivity index (χ1n) is 5.36. The fraction of sp³-hybridized carbons (Fsp3) is 0.778. The maximum atomic E-state index is 5.45. The standard InChI is InChI=1S/C9H15N5O/c10-5-8-11-9(12-15-8)7-6-13-1-3-14(7)4-2-13/h7H,1-6,10H2. The van der Waals surface area contributed by atoms with Crippen molar-refractivity contribution in [2.24, 2.45) is 5.73 Å². The van der Waals surface area contributed by atoms with Crippen LogP contribution in [-0.4, -0.2) is 52.7 Å². The Morgan fingerprint density at radius 1 is 1.33 bits per heavy atom. The molecular formula is C9H15N5O. The zero-order valence-electron chi connectivity index (χ0n) is 8.59. The minimum Gasteiger partial charge on any atom is -0.338 e. The number of nitrogens with two attached hydrogens (primary N) is 1. The van der Waals surface area contributed by atoms with Crippen molar-refractivity contribution < 1.29 is 4.52 Å². The lowest BCUT2D eigenvalue weighted by Crippen LogP contribution is -2.57. The van der Waals surface area contributed by atoms with Crippen LogP contribution in [0.5, 0.6) is 0 Å². The van der Waals surface area contributed by atoms with E-state index in [1.165, 1.54) is 0 Å². The van der Waals surface area contributed by atoms with Gasteiger partial charge in [0.25, 0.3) is 0 Å². The number of nitrogens with zero attached hydrogens (tertiary/aromatic N) is 4. The van der Waals surface area contributed by atoms with Gasteiger partial charge in [-0.3, -0.25) is 9.80 Å². The molecule has 0 spiro atoms. The predicted octanol–water partition coefficient (Wildman–Crippen LogP) is -0.799. The molecule has 1 aromatic heterocycles. The van der Waals surface area contributed by atoms with Crippen LogP contribution in [0, 0.1) is 0 Å². The Morgan fingerprint density at radius 2 is 2.13 bits per heavy atom. The molecule has 3 aliphatic rings. The number of piperazine rings is 3. The van der Waals surface area contributed by atoms with Gasteiger partial charge in [0, 0.05) is 32.7 Å². The van der Waals surface area contributed by atoms with E-state index in [0.717, 1.165) is 38.5 Å². The SMILES string of the molecule is NCc1nc(C2CN3CCN2CC3)no1. The number of aromatic nitrogens is 2. The van der Waals surface area contributed by atoms with Crippen LogP contribution in [0.15, 0.2) is 4.52 Å². The topological polar surface area (TPSA) is 71.4 Å². The highest BCUT2D eigenvalue weighted by atomic mass is 16.5. The summed E-state index contributed by atoms with van der Waals surface area (Å²) < 4.78 is 5.04. The average Bonchev–Trinajstić information content (AvgIpc) is 2.79. The van der Waals surface area contributed by atoms with Crippen molar-refractivity contribution in [1.82, 2.24) is 19.9 Å². The zero-order valence-corrected chi connectivity index (χ0v) is 8.59. The minimum atomic E-state index is 0.302. The van der Waals surface area contributed by atoms with Crippen molar-refractivity contribution in [3.05, 3.63) is 11.7 Å². The Kier molecular flexibility index (Phi) is 2.19.